The first-order chi connectivity index (χ1) is 12.8. The molecule has 0 saturated heterocycles. The number of esters is 1. The summed E-state index contributed by atoms with van der Waals surface area (Å²) in [6.45, 7) is 4.23. The number of hydrogen-bond acceptors (Lipinski definition) is 4. The third-order valence-corrected chi connectivity index (χ3v) is 4.78. The van der Waals surface area contributed by atoms with Crippen LogP contribution >= 0.6 is 0 Å². The number of benzene rings is 1. The number of aryl methyl sites for hydroxylation is 1. The lowest BCUT2D eigenvalue weighted by Gasteiger charge is -2.12. The summed E-state index contributed by atoms with van der Waals surface area (Å²) < 4.78 is 16.3. The van der Waals surface area contributed by atoms with E-state index in [4.69, 9.17) is 14.2 Å². The molecule has 2 rings (SSSR count). The van der Waals surface area contributed by atoms with Gasteiger partial charge in [0.2, 0.25) is 0 Å². The molecule has 4 heteroatoms. The van der Waals surface area contributed by atoms with Crippen molar-refractivity contribution in [3.63, 3.8) is 0 Å². The van der Waals surface area contributed by atoms with Crippen LogP contribution in [0.3, 0.4) is 0 Å². The minimum Gasteiger partial charge on any atom is -0.468 e. The van der Waals surface area contributed by atoms with Crippen molar-refractivity contribution in [1.29, 1.82) is 0 Å². The van der Waals surface area contributed by atoms with E-state index in [0.717, 1.165) is 25.0 Å². The quantitative estimate of drug-likeness (QED) is 0.210. The fourth-order valence-corrected chi connectivity index (χ4v) is 3.20. The molecule has 0 unspecified atom stereocenters. The number of carbonyl (C=O) groups excluding carboxylic acids is 1. The first-order valence-electron chi connectivity index (χ1n) is 9.90. The Morgan fingerprint density at radius 1 is 1.04 bits per heavy atom. The van der Waals surface area contributed by atoms with Gasteiger partial charge in [-0.05, 0) is 49.8 Å². The molecule has 0 aromatic heterocycles. The van der Waals surface area contributed by atoms with Crippen molar-refractivity contribution in [2.45, 2.75) is 70.3 Å². The number of unbranched alkanes of at least 4 members (excludes halogenated alkanes) is 4. The topological polar surface area (TPSA) is 44.8 Å². The zero-order chi connectivity index (χ0) is 18.5. The Bertz CT molecular complexity index is 517. The zero-order valence-corrected chi connectivity index (χ0v) is 15.8. The van der Waals surface area contributed by atoms with Gasteiger partial charge in [-0.2, -0.15) is 0 Å². The van der Waals surface area contributed by atoms with Gasteiger partial charge in [0, 0.05) is 6.08 Å². The second-order valence-corrected chi connectivity index (χ2v) is 6.87. The molecule has 1 aromatic carbocycles. The largest absolute Gasteiger partial charge is 0.468 e. The standard InChI is InChI=1S/C22H32O4/c1-2-22(23)24-17-9-5-3-4-6-10-19-13-15-21(16-14-19)26-18-25-20-11-7-8-12-20/h2,13-16,20H,1,3-12,17-18H2. The Morgan fingerprint density at radius 2 is 1.73 bits per heavy atom. The molecule has 0 radical (unpaired) electrons. The second-order valence-electron chi connectivity index (χ2n) is 6.87. The molecular weight excluding hydrogens is 328 g/mol. The van der Waals surface area contributed by atoms with Crippen molar-refractivity contribution in [2.24, 2.45) is 0 Å². The van der Waals surface area contributed by atoms with E-state index in [0.29, 0.717) is 19.5 Å². The molecule has 0 bridgehead atoms. The van der Waals surface area contributed by atoms with Crippen LogP contribution in [-0.2, 0) is 20.7 Å². The molecule has 0 heterocycles. The SMILES string of the molecule is C=CC(=O)OCCCCCCCc1ccc(OCOC2CCCC2)cc1. The van der Waals surface area contributed by atoms with Crippen molar-refractivity contribution in [3.8, 4) is 5.75 Å². The maximum Gasteiger partial charge on any atom is 0.330 e. The van der Waals surface area contributed by atoms with Crippen molar-refractivity contribution in [1.82, 2.24) is 0 Å². The molecule has 4 nitrogen and oxygen atoms in total. The molecule has 1 aliphatic rings. The Hall–Kier alpha value is -1.81. The molecule has 0 N–H and O–H groups in total. The third-order valence-electron chi connectivity index (χ3n) is 4.78. The monoisotopic (exact) mass is 360 g/mol. The highest BCUT2D eigenvalue weighted by molar-refractivity contribution is 5.81. The minimum atomic E-state index is -0.331. The molecule has 1 fully saturated rings. The molecule has 0 amide bonds. The van der Waals surface area contributed by atoms with E-state index >= 15 is 0 Å². The highest BCUT2D eigenvalue weighted by Crippen LogP contribution is 2.21. The predicted molar refractivity (Wildman–Crippen MR) is 103 cm³/mol. The van der Waals surface area contributed by atoms with Gasteiger partial charge in [0.05, 0.1) is 12.7 Å². The van der Waals surface area contributed by atoms with Gasteiger partial charge < -0.3 is 14.2 Å². The highest BCUT2D eigenvalue weighted by Gasteiger charge is 2.15. The molecule has 0 atom stereocenters. The van der Waals surface area contributed by atoms with Gasteiger partial charge in [-0.15, -0.1) is 0 Å². The molecule has 0 spiro atoms. The number of carbonyl (C=O) groups is 1. The van der Waals surface area contributed by atoms with Crippen LogP contribution < -0.4 is 4.74 Å². The first-order valence-corrected chi connectivity index (χ1v) is 9.90. The second kappa shape index (κ2) is 12.5. The number of rotatable bonds is 13. The Morgan fingerprint density at radius 3 is 2.46 bits per heavy atom. The first kappa shape index (κ1) is 20.5. The maximum absolute atomic E-state index is 10.9. The summed E-state index contributed by atoms with van der Waals surface area (Å²) in [5.41, 5.74) is 1.34. The number of ether oxygens (including phenoxy) is 3. The third kappa shape index (κ3) is 8.52. The van der Waals surface area contributed by atoms with Gasteiger partial charge in [0.1, 0.15) is 5.75 Å². The summed E-state index contributed by atoms with van der Waals surface area (Å²) in [6, 6.07) is 8.34. The summed E-state index contributed by atoms with van der Waals surface area (Å²) in [4.78, 5) is 10.9. The molecule has 1 aliphatic carbocycles. The molecule has 1 saturated carbocycles. The molecular formula is C22H32O4. The van der Waals surface area contributed by atoms with Crippen molar-refractivity contribution in [3.05, 3.63) is 42.5 Å². The van der Waals surface area contributed by atoms with Gasteiger partial charge in [0.15, 0.2) is 6.79 Å². The van der Waals surface area contributed by atoms with E-state index in [1.807, 2.05) is 12.1 Å². The van der Waals surface area contributed by atoms with Crippen LogP contribution in [0.5, 0.6) is 5.75 Å². The van der Waals surface area contributed by atoms with Crippen molar-refractivity contribution >= 4 is 5.97 Å². The van der Waals surface area contributed by atoms with Crippen LogP contribution in [0, 0.1) is 0 Å². The van der Waals surface area contributed by atoms with Gasteiger partial charge in [-0.3, -0.25) is 0 Å². The van der Waals surface area contributed by atoms with Gasteiger partial charge >= 0.3 is 5.97 Å². The lowest BCUT2D eigenvalue weighted by Crippen LogP contribution is -2.12. The van der Waals surface area contributed by atoms with Gasteiger partial charge in [-0.25, -0.2) is 4.79 Å². The Labute approximate surface area is 157 Å². The van der Waals surface area contributed by atoms with E-state index < -0.39 is 0 Å². The van der Waals surface area contributed by atoms with E-state index in [1.54, 1.807) is 0 Å². The predicted octanol–water partition coefficient (Wildman–Crippen LogP) is 5.20. The van der Waals surface area contributed by atoms with Gasteiger partial charge in [0.25, 0.3) is 0 Å². The van der Waals surface area contributed by atoms with E-state index in [-0.39, 0.29) is 5.97 Å². The van der Waals surface area contributed by atoms with Gasteiger partial charge in [-0.1, -0.05) is 50.8 Å². The summed E-state index contributed by atoms with van der Waals surface area (Å²) in [7, 11) is 0. The smallest absolute Gasteiger partial charge is 0.330 e. The van der Waals surface area contributed by atoms with Crippen LogP contribution in [0.1, 0.15) is 63.4 Å². The average Bonchev–Trinajstić information content (AvgIpc) is 3.18. The van der Waals surface area contributed by atoms with Crippen LogP contribution in [0.25, 0.3) is 0 Å². The summed E-state index contributed by atoms with van der Waals surface area (Å²) in [5.74, 6) is 0.545. The molecule has 26 heavy (non-hydrogen) atoms. The molecule has 144 valence electrons. The normalized spacial score (nSPS) is 14.3. The fraction of sp³-hybridized carbons (Fsp3) is 0.591. The number of hydrogen-bond donors (Lipinski definition) is 0. The van der Waals surface area contributed by atoms with Crippen LogP contribution in [0.4, 0.5) is 0 Å². The average molecular weight is 360 g/mol. The maximum atomic E-state index is 10.9. The Balaban J connectivity index is 1.48. The van der Waals surface area contributed by atoms with Crippen LogP contribution in [0.2, 0.25) is 0 Å². The van der Waals surface area contributed by atoms with E-state index in [1.165, 1.54) is 56.6 Å². The minimum absolute atomic E-state index is 0.331. The summed E-state index contributed by atoms with van der Waals surface area (Å²) in [5, 5.41) is 0. The summed E-state index contributed by atoms with van der Waals surface area (Å²) >= 11 is 0. The highest BCUT2D eigenvalue weighted by atomic mass is 16.7. The van der Waals surface area contributed by atoms with E-state index in [2.05, 4.69) is 18.7 Å². The molecule has 1 aromatic rings. The lowest BCUT2D eigenvalue weighted by atomic mass is 10.1. The Kier molecular flexibility index (Phi) is 9.88. The van der Waals surface area contributed by atoms with Crippen LogP contribution in [-0.4, -0.2) is 25.5 Å². The van der Waals surface area contributed by atoms with E-state index in [9.17, 15) is 4.79 Å². The zero-order valence-electron chi connectivity index (χ0n) is 15.8. The summed E-state index contributed by atoms with van der Waals surface area (Å²) in [6.07, 6.45) is 13.2. The lowest BCUT2D eigenvalue weighted by molar-refractivity contribution is -0.137. The van der Waals surface area contributed by atoms with Crippen LogP contribution in [0.15, 0.2) is 36.9 Å². The molecule has 0 aliphatic heterocycles. The van der Waals surface area contributed by atoms with Crippen molar-refractivity contribution < 1.29 is 19.0 Å². The van der Waals surface area contributed by atoms with Crippen molar-refractivity contribution in [2.75, 3.05) is 13.4 Å². The fourth-order valence-electron chi connectivity index (χ4n) is 3.20.